The maximum absolute atomic E-state index is 12.2. The smallest absolute Gasteiger partial charge is 0.362 e. The molecule has 0 amide bonds. The van der Waals surface area contributed by atoms with Crippen molar-refractivity contribution in [2.24, 2.45) is 0 Å². The van der Waals surface area contributed by atoms with E-state index in [0.717, 1.165) is 5.75 Å². The van der Waals surface area contributed by atoms with E-state index >= 15 is 0 Å². The van der Waals surface area contributed by atoms with Gasteiger partial charge in [-0.15, -0.1) is 0 Å². The van der Waals surface area contributed by atoms with Crippen molar-refractivity contribution in [1.82, 2.24) is 0 Å². The molecule has 0 saturated carbocycles. The number of ether oxygens (including phenoxy) is 2. The van der Waals surface area contributed by atoms with Gasteiger partial charge >= 0.3 is 7.60 Å². The third kappa shape index (κ3) is 4.12. The monoisotopic (exact) mass is 338 g/mol. The first-order chi connectivity index (χ1) is 11.0. The van der Waals surface area contributed by atoms with Crippen molar-refractivity contribution < 1.29 is 28.2 Å². The molecule has 0 spiro atoms. The number of methoxy groups -OCH3 is 1. The van der Waals surface area contributed by atoms with Crippen LogP contribution >= 0.6 is 7.60 Å². The molecule has 23 heavy (non-hydrogen) atoms. The van der Waals surface area contributed by atoms with Crippen molar-refractivity contribution in [3.05, 3.63) is 54.1 Å². The van der Waals surface area contributed by atoms with Crippen LogP contribution in [0.2, 0.25) is 0 Å². The molecule has 2 rings (SSSR count). The Labute approximate surface area is 135 Å². The van der Waals surface area contributed by atoms with Crippen molar-refractivity contribution in [2.45, 2.75) is 5.85 Å². The van der Waals surface area contributed by atoms with E-state index in [1.165, 1.54) is 14.2 Å². The van der Waals surface area contributed by atoms with Crippen LogP contribution in [-0.4, -0.2) is 26.4 Å². The largest absolute Gasteiger partial charge is 0.497 e. The average molecular weight is 338 g/mol. The van der Waals surface area contributed by atoms with E-state index in [9.17, 15) is 9.67 Å². The number of hydrogen-bond acceptors (Lipinski definition) is 6. The molecule has 0 saturated heterocycles. The summed E-state index contributed by atoms with van der Waals surface area (Å²) in [6.07, 6.45) is 0. The second-order valence-corrected chi connectivity index (χ2v) is 6.93. The van der Waals surface area contributed by atoms with Gasteiger partial charge in [0.2, 0.25) is 0 Å². The van der Waals surface area contributed by atoms with E-state index in [2.05, 4.69) is 0 Å². The fourth-order valence-corrected chi connectivity index (χ4v) is 3.05. The summed E-state index contributed by atoms with van der Waals surface area (Å²) in [5.41, 5.74) is 0.378. The summed E-state index contributed by atoms with van der Waals surface area (Å²) in [5.74, 6) is 0.434. The van der Waals surface area contributed by atoms with E-state index < -0.39 is 13.4 Å². The summed E-state index contributed by atoms with van der Waals surface area (Å²) in [4.78, 5) is 0. The Bertz CT molecular complexity index is 677. The highest BCUT2D eigenvalue weighted by Crippen LogP contribution is 2.58. The minimum Gasteiger partial charge on any atom is -0.497 e. The molecule has 0 aliphatic carbocycles. The van der Waals surface area contributed by atoms with E-state index in [1.54, 1.807) is 55.6 Å². The Morgan fingerprint density at radius 1 is 0.913 bits per heavy atom. The van der Waals surface area contributed by atoms with Crippen LogP contribution in [0.5, 0.6) is 17.2 Å². The number of hydrogen-bond donors (Lipinski definition) is 1. The van der Waals surface area contributed by atoms with Gasteiger partial charge in [0, 0.05) is 14.2 Å². The number of benzene rings is 2. The quantitative estimate of drug-likeness (QED) is 0.770. The standard InChI is InChI=1S/C16H19O6P/c1-19-13-7-9-14(10-8-13)22-15-6-4-5-12(11-15)16(17)23(18,20-2)21-3/h4-11,16-17H,1-3H3. The normalized spacial score (nSPS) is 12.7. The summed E-state index contributed by atoms with van der Waals surface area (Å²) >= 11 is 0. The Morgan fingerprint density at radius 3 is 2.09 bits per heavy atom. The number of aliphatic hydroxyl groups is 1. The van der Waals surface area contributed by atoms with E-state index in [0.29, 0.717) is 17.1 Å². The molecule has 7 heteroatoms. The Hall–Kier alpha value is -1.85. The lowest BCUT2D eigenvalue weighted by molar-refractivity contribution is 0.176. The van der Waals surface area contributed by atoms with Gasteiger partial charge < -0.3 is 23.6 Å². The molecule has 1 N–H and O–H groups in total. The third-order valence-corrected chi connectivity index (χ3v) is 5.18. The van der Waals surface area contributed by atoms with Gasteiger partial charge in [-0.3, -0.25) is 4.57 Å². The fraction of sp³-hybridized carbons (Fsp3) is 0.250. The highest BCUT2D eigenvalue weighted by molar-refractivity contribution is 7.53. The molecule has 6 nitrogen and oxygen atoms in total. The Kier molecular flexibility index (Phi) is 5.80. The van der Waals surface area contributed by atoms with E-state index in [4.69, 9.17) is 18.5 Å². The Balaban J connectivity index is 2.20. The van der Waals surface area contributed by atoms with Gasteiger partial charge in [0.1, 0.15) is 17.2 Å². The van der Waals surface area contributed by atoms with Gasteiger partial charge in [0.15, 0.2) is 5.85 Å². The van der Waals surface area contributed by atoms with Crippen molar-refractivity contribution in [1.29, 1.82) is 0 Å². The van der Waals surface area contributed by atoms with Crippen LogP contribution in [0.4, 0.5) is 0 Å². The second kappa shape index (κ2) is 7.62. The zero-order valence-electron chi connectivity index (χ0n) is 13.1. The van der Waals surface area contributed by atoms with Crippen LogP contribution in [0.3, 0.4) is 0 Å². The molecule has 1 atom stereocenters. The predicted molar refractivity (Wildman–Crippen MR) is 86.1 cm³/mol. The van der Waals surface area contributed by atoms with Crippen molar-refractivity contribution in [3.8, 4) is 17.2 Å². The topological polar surface area (TPSA) is 74.2 Å². The molecular formula is C16H19O6P. The minimum absolute atomic E-state index is 0.378. The molecule has 0 aromatic heterocycles. The van der Waals surface area contributed by atoms with Crippen LogP contribution in [-0.2, 0) is 13.6 Å². The molecule has 0 aliphatic rings. The van der Waals surface area contributed by atoms with Gasteiger partial charge in [0.25, 0.3) is 0 Å². The maximum Gasteiger partial charge on any atom is 0.362 e. The summed E-state index contributed by atoms with van der Waals surface area (Å²) in [7, 11) is 0.419. The molecule has 0 radical (unpaired) electrons. The average Bonchev–Trinajstić information content (AvgIpc) is 2.61. The fourth-order valence-electron chi connectivity index (χ4n) is 1.98. The zero-order chi connectivity index (χ0) is 16.9. The van der Waals surface area contributed by atoms with E-state index in [1.807, 2.05) is 0 Å². The van der Waals surface area contributed by atoms with Crippen LogP contribution in [0, 0.1) is 0 Å². The second-order valence-electron chi connectivity index (χ2n) is 4.63. The minimum atomic E-state index is -3.62. The molecule has 1 unspecified atom stereocenters. The first-order valence-electron chi connectivity index (χ1n) is 6.83. The van der Waals surface area contributed by atoms with Crippen LogP contribution in [0.15, 0.2) is 48.5 Å². The number of rotatable bonds is 7. The SMILES string of the molecule is COc1ccc(Oc2cccc(C(O)P(=O)(OC)OC)c2)cc1. The molecule has 2 aromatic carbocycles. The van der Waals surface area contributed by atoms with Gasteiger partial charge in [-0.25, -0.2) is 0 Å². The summed E-state index contributed by atoms with van der Waals surface area (Å²) in [5, 5.41) is 10.2. The third-order valence-electron chi connectivity index (χ3n) is 3.26. The lowest BCUT2D eigenvalue weighted by Gasteiger charge is -2.20. The van der Waals surface area contributed by atoms with Crippen molar-refractivity contribution in [3.63, 3.8) is 0 Å². The molecule has 0 fully saturated rings. The first-order valence-corrected chi connectivity index (χ1v) is 8.44. The molecule has 0 aliphatic heterocycles. The van der Waals surface area contributed by atoms with Crippen molar-refractivity contribution in [2.75, 3.05) is 21.3 Å². The highest BCUT2D eigenvalue weighted by Gasteiger charge is 2.33. The Morgan fingerprint density at radius 2 is 1.52 bits per heavy atom. The molecule has 0 bridgehead atoms. The molecule has 0 heterocycles. The van der Waals surface area contributed by atoms with Gasteiger partial charge in [-0.05, 0) is 42.0 Å². The lowest BCUT2D eigenvalue weighted by atomic mass is 10.2. The van der Waals surface area contributed by atoms with E-state index in [-0.39, 0.29) is 0 Å². The van der Waals surface area contributed by atoms with Crippen LogP contribution < -0.4 is 9.47 Å². The summed E-state index contributed by atoms with van der Waals surface area (Å²) in [6, 6.07) is 13.7. The highest BCUT2D eigenvalue weighted by atomic mass is 31.2. The molecular weight excluding hydrogens is 319 g/mol. The molecule has 2 aromatic rings. The van der Waals surface area contributed by atoms with Crippen molar-refractivity contribution >= 4 is 7.60 Å². The van der Waals surface area contributed by atoms with Gasteiger partial charge in [-0.2, -0.15) is 0 Å². The predicted octanol–water partition coefficient (Wildman–Crippen LogP) is 3.96. The van der Waals surface area contributed by atoms with Crippen LogP contribution in [0.25, 0.3) is 0 Å². The first kappa shape index (κ1) is 17.5. The molecule has 124 valence electrons. The summed E-state index contributed by atoms with van der Waals surface area (Å²) in [6.45, 7) is 0. The van der Waals surface area contributed by atoms with Crippen LogP contribution in [0.1, 0.15) is 11.4 Å². The summed E-state index contributed by atoms with van der Waals surface area (Å²) < 4.78 is 32.7. The van der Waals surface area contributed by atoms with Gasteiger partial charge in [0.05, 0.1) is 7.11 Å². The zero-order valence-corrected chi connectivity index (χ0v) is 14.0. The number of aliphatic hydroxyl groups excluding tert-OH is 1. The maximum atomic E-state index is 12.2. The lowest BCUT2D eigenvalue weighted by Crippen LogP contribution is -2.02. The van der Waals surface area contributed by atoms with Gasteiger partial charge in [-0.1, -0.05) is 12.1 Å².